The van der Waals surface area contributed by atoms with Crippen molar-refractivity contribution in [1.29, 1.82) is 0 Å². The van der Waals surface area contributed by atoms with Crippen LogP contribution in [-0.2, 0) is 33.3 Å². The lowest BCUT2D eigenvalue weighted by Gasteiger charge is -2.26. The SMILES string of the molecule is CCOC(=O)C(CO)(COCOC(C)=O)C(=O)OCC. The summed E-state index contributed by atoms with van der Waals surface area (Å²) in [4.78, 5) is 34.3. The molecule has 0 rings (SSSR count). The van der Waals surface area contributed by atoms with E-state index in [-0.39, 0.29) is 13.2 Å². The number of aliphatic hydroxyl groups excluding tert-OH is 1. The van der Waals surface area contributed by atoms with Gasteiger partial charge in [0.15, 0.2) is 6.79 Å². The van der Waals surface area contributed by atoms with E-state index >= 15 is 0 Å². The van der Waals surface area contributed by atoms with Crippen LogP contribution in [0.3, 0.4) is 0 Å². The van der Waals surface area contributed by atoms with Crippen LogP contribution in [0.4, 0.5) is 0 Å². The normalized spacial score (nSPS) is 10.8. The third kappa shape index (κ3) is 5.14. The number of hydrogen-bond acceptors (Lipinski definition) is 8. The Morgan fingerprint density at radius 3 is 1.85 bits per heavy atom. The Balaban J connectivity index is 4.87. The molecule has 0 bridgehead atoms. The van der Waals surface area contributed by atoms with Crippen LogP contribution in [-0.4, -0.2) is 56.2 Å². The molecule has 0 unspecified atom stereocenters. The maximum absolute atomic E-state index is 11.9. The largest absolute Gasteiger partial charge is 0.465 e. The second kappa shape index (κ2) is 9.27. The van der Waals surface area contributed by atoms with Crippen molar-refractivity contribution in [1.82, 2.24) is 0 Å². The first-order valence-electron chi connectivity index (χ1n) is 6.11. The first-order chi connectivity index (χ1) is 9.44. The van der Waals surface area contributed by atoms with Crippen LogP contribution >= 0.6 is 0 Å². The zero-order chi connectivity index (χ0) is 15.6. The van der Waals surface area contributed by atoms with E-state index in [0.717, 1.165) is 0 Å². The number of carbonyl (C=O) groups is 3. The number of carbonyl (C=O) groups excluding carboxylic acids is 3. The van der Waals surface area contributed by atoms with E-state index in [4.69, 9.17) is 14.2 Å². The van der Waals surface area contributed by atoms with Gasteiger partial charge in [-0.15, -0.1) is 0 Å². The topological polar surface area (TPSA) is 108 Å². The molecule has 0 radical (unpaired) electrons. The first kappa shape index (κ1) is 18.3. The highest BCUT2D eigenvalue weighted by molar-refractivity contribution is 6.00. The van der Waals surface area contributed by atoms with Crippen LogP contribution in [0.5, 0.6) is 0 Å². The summed E-state index contributed by atoms with van der Waals surface area (Å²) in [6, 6.07) is 0. The second-order valence-corrected chi connectivity index (χ2v) is 3.78. The summed E-state index contributed by atoms with van der Waals surface area (Å²) in [5.74, 6) is -2.49. The molecular weight excluding hydrogens is 272 g/mol. The monoisotopic (exact) mass is 292 g/mol. The van der Waals surface area contributed by atoms with Gasteiger partial charge in [-0.1, -0.05) is 0 Å². The van der Waals surface area contributed by atoms with Crippen LogP contribution in [0.15, 0.2) is 0 Å². The van der Waals surface area contributed by atoms with Crippen molar-refractivity contribution in [3.05, 3.63) is 0 Å². The van der Waals surface area contributed by atoms with Crippen LogP contribution in [0, 0.1) is 5.41 Å². The average Bonchev–Trinajstić information content (AvgIpc) is 2.39. The Morgan fingerprint density at radius 2 is 1.50 bits per heavy atom. The molecule has 0 aromatic heterocycles. The molecule has 0 spiro atoms. The number of rotatable bonds is 9. The second-order valence-electron chi connectivity index (χ2n) is 3.78. The molecule has 0 saturated carbocycles. The van der Waals surface area contributed by atoms with Gasteiger partial charge in [0.2, 0.25) is 5.41 Å². The zero-order valence-corrected chi connectivity index (χ0v) is 11.8. The molecule has 0 heterocycles. The fourth-order valence-corrected chi connectivity index (χ4v) is 1.25. The van der Waals surface area contributed by atoms with Crippen LogP contribution in [0.1, 0.15) is 20.8 Å². The summed E-state index contributed by atoms with van der Waals surface area (Å²) in [6.45, 7) is 2.55. The summed E-state index contributed by atoms with van der Waals surface area (Å²) in [6.07, 6.45) is 0. The molecule has 0 fully saturated rings. The summed E-state index contributed by atoms with van der Waals surface area (Å²) >= 11 is 0. The van der Waals surface area contributed by atoms with Gasteiger partial charge in [-0.25, -0.2) is 0 Å². The van der Waals surface area contributed by atoms with Crippen LogP contribution in [0.2, 0.25) is 0 Å². The van der Waals surface area contributed by atoms with Crippen molar-refractivity contribution >= 4 is 17.9 Å². The third-order valence-electron chi connectivity index (χ3n) is 2.30. The summed E-state index contributed by atoms with van der Waals surface area (Å²) in [5, 5.41) is 9.39. The summed E-state index contributed by atoms with van der Waals surface area (Å²) in [5.41, 5.74) is -1.98. The van der Waals surface area contributed by atoms with Crippen molar-refractivity contribution in [2.24, 2.45) is 5.41 Å². The lowest BCUT2D eigenvalue weighted by atomic mass is 9.90. The fourth-order valence-electron chi connectivity index (χ4n) is 1.25. The molecule has 0 atom stereocenters. The molecule has 8 nitrogen and oxygen atoms in total. The molecule has 0 saturated heterocycles. The van der Waals surface area contributed by atoms with E-state index in [1.807, 2.05) is 0 Å². The van der Waals surface area contributed by atoms with Gasteiger partial charge in [0.1, 0.15) is 0 Å². The molecule has 0 aliphatic carbocycles. The van der Waals surface area contributed by atoms with Crippen LogP contribution < -0.4 is 0 Å². The maximum atomic E-state index is 11.9. The third-order valence-corrected chi connectivity index (χ3v) is 2.30. The molecule has 0 aromatic rings. The van der Waals surface area contributed by atoms with Gasteiger partial charge in [0, 0.05) is 6.92 Å². The molecular formula is C12H20O8. The van der Waals surface area contributed by atoms with E-state index in [1.54, 1.807) is 13.8 Å². The van der Waals surface area contributed by atoms with E-state index in [9.17, 15) is 19.5 Å². The Kier molecular flexibility index (Phi) is 8.49. The summed E-state index contributed by atoms with van der Waals surface area (Å²) < 4.78 is 19.0. The van der Waals surface area contributed by atoms with Gasteiger partial charge in [-0.3, -0.25) is 14.4 Å². The van der Waals surface area contributed by atoms with Crippen molar-refractivity contribution in [3.8, 4) is 0 Å². The fraction of sp³-hybridized carbons (Fsp3) is 0.750. The molecule has 0 aromatic carbocycles. The Morgan fingerprint density at radius 1 is 1.00 bits per heavy atom. The van der Waals surface area contributed by atoms with Gasteiger partial charge < -0.3 is 24.1 Å². The van der Waals surface area contributed by atoms with Gasteiger partial charge in [-0.05, 0) is 13.8 Å². The highest BCUT2D eigenvalue weighted by atomic mass is 16.7. The maximum Gasteiger partial charge on any atom is 0.328 e. The number of hydrogen-bond donors (Lipinski definition) is 1. The minimum Gasteiger partial charge on any atom is -0.465 e. The average molecular weight is 292 g/mol. The van der Waals surface area contributed by atoms with Crippen molar-refractivity contribution in [2.75, 3.05) is 33.2 Å². The number of ether oxygens (including phenoxy) is 4. The van der Waals surface area contributed by atoms with Crippen molar-refractivity contribution in [2.45, 2.75) is 20.8 Å². The van der Waals surface area contributed by atoms with E-state index < -0.39 is 43.3 Å². The van der Waals surface area contributed by atoms with E-state index in [0.29, 0.717) is 0 Å². The minimum atomic E-state index is -1.98. The predicted molar refractivity (Wildman–Crippen MR) is 65.4 cm³/mol. The molecule has 20 heavy (non-hydrogen) atoms. The Labute approximate surface area is 116 Å². The molecule has 116 valence electrons. The Bertz CT molecular complexity index is 320. The smallest absolute Gasteiger partial charge is 0.328 e. The molecule has 0 aliphatic heterocycles. The molecule has 0 amide bonds. The van der Waals surface area contributed by atoms with Crippen molar-refractivity contribution in [3.63, 3.8) is 0 Å². The van der Waals surface area contributed by atoms with Gasteiger partial charge in [0.25, 0.3) is 0 Å². The van der Waals surface area contributed by atoms with Gasteiger partial charge in [-0.2, -0.15) is 0 Å². The van der Waals surface area contributed by atoms with Crippen molar-refractivity contribution < 1.29 is 38.4 Å². The first-order valence-corrected chi connectivity index (χ1v) is 6.11. The lowest BCUT2D eigenvalue weighted by molar-refractivity contribution is -0.185. The summed E-state index contributed by atoms with van der Waals surface area (Å²) in [7, 11) is 0. The highest BCUT2D eigenvalue weighted by Gasteiger charge is 2.49. The Hall–Kier alpha value is -1.67. The van der Waals surface area contributed by atoms with Crippen LogP contribution in [0.25, 0.3) is 0 Å². The van der Waals surface area contributed by atoms with E-state index in [2.05, 4.69) is 4.74 Å². The molecule has 1 N–H and O–H groups in total. The highest BCUT2D eigenvalue weighted by Crippen LogP contribution is 2.22. The zero-order valence-electron chi connectivity index (χ0n) is 11.8. The minimum absolute atomic E-state index is 0.0317. The molecule has 8 heteroatoms. The number of esters is 3. The lowest BCUT2D eigenvalue weighted by Crippen LogP contribution is -2.49. The quantitative estimate of drug-likeness (QED) is 0.201. The van der Waals surface area contributed by atoms with E-state index in [1.165, 1.54) is 6.92 Å². The molecule has 0 aliphatic rings. The predicted octanol–water partition coefficient (Wildman–Crippen LogP) is -0.371. The van der Waals surface area contributed by atoms with Gasteiger partial charge in [0.05, 0.1) is 26.4 Å². The number of aliphatic hydroxyl groups is 1. The standard InChI is InChI=1S/C12H20O8/c1-4-18-10(15)12(6-13,11(16)19-5-2)7-17-8-20-9(3)14/h13H,4-8H2,1-3H3. The van der Waals surface area contributed by atoms with Gasteiger partial charge >= 0.3 is 17.9 Å².